The molecule has 1 saturated carbocycles. The van der Waals surface area contributed by atoms with Crippen LogP contribution in [-0.2, 0) is 9.53 Å². The van der Waals surface area contributed by atoms with Crippen molar-refractivity contribution in [2.75, 3.05) is 6.61 Å². The number of carbonyl (C=O) groups excluding carboxylic acids is 1. The average Bonchev–Trinajstić information content (AvgIpc) is 2.05. The SMILES string of the molecule is CCOC(=O)[C@@H]1CCC[C@@H](O)C1. The third-order valence-electron chi connectivity index (χ3n) is 2.27. The number of aliphatic hydroxyl groups excluding tert-OH is 1. The first-order valence-corrected chi connectivity index (χ1v) is 4.58. The van der Waals surface area contributed by atoms with Crippen molar-refractivity contribution in [3.8, 4) is 0 Å². The third kappa shape index (κ3) is 2.48. The summed E-state index contributed by atoms with van der Waals surface area (Å²) in [6.07, 6.45) is 2.92. The van der Waals surface area contributed by atoms with Crippen LogP contribution in [0.25, 0.3) is 0 Å². The highest BCUT2D eigenvalue weighted by Gasteiger charge is 2.26. The molecule has 1 aliphatic carbocycles. The second kappa shape index (κ2) is 4.45. The minimum atomic E-state index is -0.298. The predicted molar refractivity (Wildman–Crippen MR) is 44.6 cm³/mol. The molecule has 0 aliphatic heterocycles. The molecule has 0 aromatic heterocycles. The van der Waals surface area contributed by atoms with Crippen LogP contribution in [0.4, 0.5) is 0 Å². The van der Waals surface area contributed by atoms with Gasteiger partial charge >= 0.3 is 5.97 Å². The predicted octanol–water partition coefficient (Wildman–Crippen LogP) is 1.10. The van der Waals surface area contributed by atoms with Gasteiger partial charge in [0.25, 0.3) is 0 Å². The molecule has 3 nitrogen and oxygen atoms in total. The molecule has 70 valence electrons. The molecular weight excluding hydrogens is 156 g/mol. The van der Waals surface area contributed by atoms with Crippen molar-refractivity contribution in [2.45, 2.75) is 38.7 Å². The number of rotatable bonds is 2. The summed E-state index contributed by atoms with van der Waals surface area (Å²) in [7, 11) is 0. The minimum Gasteiger partial charge on any atom is -0.466 e. The van der Waals surface area contributed by atoms with Crippen molar-refractivity contribution in [1.82, 2.24) is 0 Å². The quantitative estimate of drug-likeness (QED) is 0.634. The summed E-state index contributed by atoms with van der Waals surface area (Å²) < 4.78 is 4.88. The van der Waals surface area contributed by atoms with Gasteiger partial charge in [0.05, 0.1) is 18.6 Å². The number of ether oxygens (including phenoxy) is 1. The molecular formula is C9H16O3. The lowest BCUT2D eigenvalue weighted by Gasteiger charge is -2.23. The first-order chi connectivity index (χ1) is 5.74. The van der Waals surface area contributed by atoms with Gasteiger partial charge in [-0.25, -0.2) is 0 Å². The van der Waals surface area contributed by atoms with E-state index in [1.807, 2.05) is 0 Å². The van der Waals surface area contributed by atoms with Gasteiger partial charge in [0, 0.05) is 0 Å². The zero-order valence-corrected chi connectivity index (χ0v) is 7.45. The molecule has 2 atom stereocenters. The largest absolute Gasteiger partial charge is 0.466 e. The van der Waals surface area contributed by atoms with Crippen LogP contribution in [-0.4, -0.2) is 23.8 Å². The normalized spacial score (nSPS) is 29.8. The molecule has 0 aromatic rings. The summed E-state index contributed by atoms with van der Waals surface area (Å²) in [6.45, 7) is 2.24. The molecule has 3 heteroatoms. The van der Waals surface area contributed by atoms with Crippen LogP contribution >= 0.6 is 0 Å². The van der Waals surface area contributed by atoms with Crippen molar-refractivity contribution in [1.29, 1.82) is 0 Å². The van der Waals surface area contributed by atoms with Crippen LogP contribution in [0, 0.1) is 5.92 Å². The van der Waals surface area contributed by atoms with Crippen LogP contribution in [0.2, 0.25) is 0 Å². The highest BCUT2D eigenvalue weighted by Crippen LogP contribution is 2.24. The first-order valence-electron chi connectivity index (χ1n) is 4.58. The second-order valence-electron chi connectivity index (χ2n) is 3.27. The lowest BCUT2D eigenvalue weighted by atomic mass is 9.87. The molecule has 1 rings (SSSR count). The van der Waals surface area contributed by atoms with E-state index in [-0.39, 0.29) is 18.0 Å². The van der Waals surface area contributed by atoms with Gasteiger partial charge in [-0.2, -0.15) is 0 Å². The van der Waals surface area contributed by atoms with Crippen molar-refractivity contribution in [3.05, 3.63) is 0 Å². The standard InChI is InChI=1S/C9H16O3/c1-2-12-9(11)7-4-3-5-8(10)6-7/h7-8,10H,2-6H2,1H3/t7-,8-/m1/s1. The van der Waals surface area contributed by atoms with Gasteiger partial charge in [-0.3, -0.25) is 4.79 Å². The van der Waals surface area contributed by atoms with E-state index in [2.05, 4.69) is 0 Å². The van der Waals surface area contributed by atoms with E-state index in [4.69, 9.17) is 4.74 Å². The smallest absolute Gasteiger partial charge is 0.309 e. The van der Waals surface area contributed by atoms with Crippen molar-refractivity contribution in [3.63, 3.8) is 0 Å². The van der Waals surface area contributed by atoms with E-state index in [1.165, 1.54) is 0 Å². The molecule has 0 radical (unpaired) electrons. The summed E-state index contributed by atoms with van der Waals surface area (Å²) >= 11 is 0. The Morgan fingerprint density at radius 2 is 2.33 bits per heavy atom. The summed E-state index contributed by atoms with van der Waals surface area (Å²) in [6, 6.07) is 0. The number of hydrogen-bond acceptors (Lipinski definition) is 3. The number of esters is 1. The van der Waals surface area contributed by atoms with E-state index in [9.17, 15) is 9.90 Å². The molecule has 0 bridgehead atoms. The van der Waals surface area contributed by atoms with E-state index >= 15 is 0 Å². The van der Waals surface area contributed by atoms with Crippen molar-refractivity contribution >= 4 is 5.97 Å². The van der Waals surface area contributed by atoms with Crippen LogP contribution < -0.4 is 0 Å². The molecule has 1 aliphatic rings. The van der Waals surface area contributed by atoms with E-state index < -0.39 is 0 Å². The fourth-order valence-electron chi connectivity index (χ4n) is 1.64. The second-order valence-corrected chi connectivity index (χ2v) is 3.27. The van der Waals surface area contributed by atoms with Crippen LogP contribution in [0.3, 0.4) is 0 Å². The molecule has 1 fully saturated rings. The summed E-state index contributed by atoms with van der Waals surface area (Å²) in [4.78, 5) is 11.2. The lowest BCUT2D eigenvalue weighted by Crippen LogP contribution is -2.27. The molecule has 0 saturated heterocycles. The summed E-state index contributed by atoms with van der Waals surface area (Å²) in [5, 5.41) is 9.29. The third-order valence-corrected chi connectivity index (χ3v) is 2.27. The Hall–Kier alpha value is -0.570. The molecule has 0 unspecified atom stereocenters. The Bertz CT molecular complexity index is 156. The van der Waals surface area contributed by atoms with Gasteiger partial charge < -0.3 is 9.84 Å². The van der Waals surface area contributed by atoms with Crippen molar-refractivity contribution in [2.24, 2.45) is 5.92 Å². The number of carbonyl (C=O) groups is 1. The van der Waals surface area contributed by atoms with Crippen molar-refractivity contribution < 1.29 is 14.6 Å². The Labute approximate surface area is 72.7 Å². The molecule has 0 aromatic carbocycles. The Balaban J connectivity index is 2.35. The van der Waals surface area contributed by atoms with Crippen LogP contribution in [0.5, 0.6) is 0 Å². The average molecular weight is 172 g/mol. The van der Waals surface area contributed by atoms with Gasteiger partial charge in [-0.05, 0) is 26.2 Å². The maximum atomic E-state index is 11.2. The van der Waals surface area contributed by atoms with E-state index in [0.717, 1.165) is 19.3 Å². The minimum absolute atomic E-state index is 0.0614. The first kappa shape index (κ1) is 9.52. The number of aliphatic hydroxyl groups is 1. The van der Waals surface area contributed by atoms with Gasteiger partial charge in [0.2, 0.25) is 0 Å². The van der Waals surface area contributed by atoms with Gasteiger partial charge in [0.15, 0.2) is 0 Å². The maximum absolute atomic E-state index is 11.2. The van der Waals surface area contributed by atoms with Gasteiger partial charge in [-0.1, -0.05) is 6.42 Å². The highest BCUT2D eigenvalue weighted by atomic mass is 16.5. The highest BCUT2D eigenvalue weighted by molar-refractivity contribution is 5.72. The fraction of sp³-hybridized carbons (Fsp3) is 0.889. The Morgan fingerprint density at radius 3 is 2.92 bits per heavy atom. The summed E-state index contributed by atoms with van der Waals surface area (Å²) in [5.74, 6) is -0.204. The van der Waals surface area contributed by atoms with E-state index in [0.29, 0.717) is 13.0 Å². The topological polar surface area (TPSA) is 46.5 Å². The van der Waals surface area contributed by atoms with Crippen LogP contribution in [0.1, 0.15) is 32.6 Å². The fourth-order valence-corrected chi connectivity index (χ4v) is 1.64. The maximum Gasteiger partial charge on any atom is 0.309 e. The monoisotopic (exact) mass is 172 g/mol. The molecule has 1 N–H and O–H groups in total. The Kier molecular flexibility index (Phi) is 3.53. The number of hydrogen-bond donors (Lipinski definition) is 1. The molecule has 0 heterocycles. The molecule has 0 spiro atoms. The lowest BCUT2D eigenvalue weighted by molar-refractivity contribution is -0.150. The summed E-state index contributed by atoms with van der Waals surface area (Å²) in [5.41, 5.74) is 0. The Morgan fingerprint density at radius 1 is 1.58 bits per heavy atom. The van der Waals surface area contributed by atoms with Gasteiger partial charge in [-0.15, -0.1) is 0 Å². The van der Waals surface area contributed by atoms with Crippen LogP contribution in [0.15, 0.2) is 0 Å². The zero-order valence-electron chi connectivity index (χ0n) is 7.45. The van der Waals surface area contributed by atoms with E-state index in [1.54, 1.807) is 6.92 Å². The van der Waals surface area contributed by atoms with Gasteiger partial charge in [0.1, 0.15) is 0 Å². The molecule has 0 amide bonds. The molecule has 12 heavy (non-hydrogen) atoms. The zero-order chi connectivity index (χ0) is 8.97.